The molecule has 1 atom stereocenters. The van der Waals surface area contributed by atoms with Crippen molar-refractivity contribution in [2.75, 3.05) is 13.2 Å². The first-order valence-electron chi connectivity index (χ1n) is 6.52. The summed E-state index contributed by atoms with van der Waals surface area (Å²) < 4.78 is 5.35. The van der Waals surface area contributed by atoms with Crippen molar-refractivity contribution in [2.24, 2.45) is 5.92 Å². The zero-order chi connectivity index (χ0) is 11.1. The van der Waals surface area contributed by atoms with Crippen LogP contribution in [0.2, 0.25) is 0 Å². The Morgan fingerprint density at radius 2 is 1.80 bits per heavy atom. The predicted molar refractivity (Wildman–Crippen MR) is 65.1 cm³/mol. The average molecular weight is 213 g/mol. The molecule has 2 nitrogen and oxygen atoms in total. The number of hydrogen-bond donors (Lipinski definition) is 1. The van der Waals surface area contributed by atoms with Crippen LogP contribution in [-0.2, 0) is 4.74 Å². The maximum atomic E-state index is 5.35. The molecule has 0 aromatic carbocycles. The summed E-state index contributed by atoms with van der Waals surface area (Å²) in [6.07, 6.45) is 6.41. The van der Waals surface area contributed by atoms with Gasteiger partial charge in [-0.2, -0.15) is 0 Å². The van der Waals surface area contributed by atoms with E-state index in [1.54, 1.807) is 0 Å². The van der Waals surface area contributed by atoms with Crippen LogP contribution in [0.3, 0.4) is 0 Å². The summed E-state index contributed by atoms with van der Waals surface area (Å²) in [6, 6.07) is 1.37. The summed E-state index contributed by atoms with van der Waals surface area (Å²) in [5, 5.41) is 3.71. The highest BCUT2D eigenvalue weighted by molar-refractivity contribution is 4.74. The summed E-state index contributed by atoms with van der Waals surface area (Å²) in [7, 11) is 0. The molecule has 0 bridgehead atoms. The van der Waals surface area contributed by atoms with Crippen molar-refractivity contribution in [3.05, 3.63) is 0 Å². The van der Waals surface area contributed by atoms with Gasteiger partial charge in [0.25, 0.3) is 0 Å². The third kappa shape index (κ3) is 6.16. The highest BCUT2D eigenvalue weighted by Crippen LogP contribution is 2.11. The summed E-state index contributed by atoms with van der Waals surface area (Å²) in [5.41, 5.74) is 0. The van der Waals surface area contributed by atoms with Gasteiger partial charge in [0.1, 0.15) is 0 Å². The Hall–Kier alpha value is -0.0800. The molecule has 0 spiro atoms. The number of rotatable bonds is 6. The average Bonchev–Trinajstić information content (AvgIpc) is 2.18. The van der Waals surface area contributed by atoms with Crippen LogP contribution in [0.25, 0.3) is 0 Å². The minimum atomic E-state index is 0.673. The molecule has 1 heterocycles. The molecule has 1 N–H and O–H groups in total. The molecule has 1 fully saturated rings. The summed E-state index contributed by atoms with van der Waals surface area (Å²) in [4.78, 5) is 0. The van der Waals surface area contributed by atoms with Gasteiger partial charge >= 0.3 is 0 Å². The molecule has 90 valence electrons. The van der Waals surface area contributed by atoms with Crippen LogP contribution < -0.4 is 5.32 Å². The van der Waals surface area contributed by atoms with E-state index in [0.717, 1.165) is 19.1 Å². The van der Waals surface area contributed by atoms with Gasteiger partial charge in [-0.25, -0.2) is 0 Å². The Bertz CT molecular complexity index is 153. The topological polar surface area (TPSA) is 21.3 Å². The fourth-order valence-corrected chi connectivity index (χ4v) is 2.18. The van der Waals surface area contributed by atoms with Crippen LogP contribution >= 0.6 is 0 Å². The SMILES string of the molecule is CC(C)CCC[C@H](C)NC1CCOCC1. The van der Waals surface area contributed by atoms with Crippen molar-refractivity contribution in [1.29, 1.82) is 0 Å². The van der Waals surface area contributed by atoms with Crippen LogP contribution in [0.15, 0.2) is 0 Å². The lowest BCUT2D eigenvalue weighted by molar-refractivity contribution is 0.0750. The third-order valence-corrected chi connectivity index (χ3v) is 3.16. The first kappa shape index (κ1) is 13.0. The Morgan fingerprint density at radius 1 is 1.13 bits per heavy atom. The second-order valence-electron chi connectivity index (χ2n) is 5.28. The molecule has 0 radical (unpaired) electrons. The van der Waals surface area contributed by atoms with E-state index in [2.05, 4.69) is 26.1 Å². The lowest BCUT2D eigenvalue weighted by Gasteiger charge is -2.26. The molecule has 0 aliphatic carbocycles. The Labute approximate surface area is 94.8 Å². The Balaban J connectivity index is 2.03. The van der Waals surface area contributed by atoms with Crippen LogP contribution in [0, 0.1) is 5.92 Å². The first-order chi connectivity index (χ1) is 7.18. The largest absolute Gasteiger partial charge is 0.381 e. The Kier molecular flexibility index (Phi) is 6.26. The normalized spacial score (nSPS) is 20.8. The van der Waals surface area contributed by atoms with Gasteiger partial charge < -0.3 is 10.1 Å². The van der Waals surface area contributed by atoms with E-state index >= 15 is 0 Å². The highest BCUT2D eigenvalue weighted by atomic mass is 16.5. The zero-order valence-corrected chi connectivity index (χ0v) is 10.6. The predicted octanol–water partition coefficient (Wildman–Crippen LogP) is 2.97. The molecule has 1 rings (SSSR count). The van der Waals surface area contributed by atoms with Crippen LogP contribution in [-0.4, -0.2) is 25.3 Å². The number of nitrogens with one attached hydrogen (secondary N) is 1. The van der Waals surface area contributed by atoms with E-state index in [9.17, 15) is 0 Å². The van der Waals surface area contributed by atoms with Gasteiger partial charge in [-0.05, 0) is 32.1 Å². The van der Waals surface area contributed by atoms with E-state index in [4.69, 9.17) is 4.74 Å². The minimum absolute atomic E-state index is 0.673. The molecule has 1 saturated heterocycles. The molecule has 0 amide bonds. The third-order valence-electron chi connectivity index (χ3n) is 3.16. The summed E-state index contributed by atoms with van der Waals surface area (Å²) in [6.45, 7) is 8.80. The van der Waals surface area contributed by atoms with Gasteiger partial charge in [0.2, 0.25) is 0 Å². The molecule has 2 heteroatoms. The fraction of sp³-hybridized carbons (Fsp3) is 1.00. The molecular weight excluding hydrogens is 186 g/mol. The Morgan fingerprint density at radius 3 is 2.40 bits per heavy atom. The highest BCUT2D eigenvalue weighted by Gasteiger charge is 2.15. The molecule has 0 saturated carbocycles. The summed E-state index contributed by atoms with van der Waals surface area (Å²) in [5.74, 6) is 0.847. The van der Waals surface area contributed by atoms with E-state index in [0.29, 0.717) is 12.1 Å². The van der Waals surface area contributed by atoms with Crippen molar-refractivity contribution in [3.63, 3.8) is 0 Å². The van der Waals surface area contributed by atoms with Gasteiger partial charge in [0, 0.05) is 25.3 Å². The molecule has 0 aromatic heterocycles. The van der Waals surface area contributed by atoms with Gasteiger partial charge in [0.05, 0.1) is 0 Å². The van der Waals surface area contributed by atoms with Crippen molar-refractivity contribution < 1.29 is 4.74 Å². The number of ether oxygens (including phenoxy) is 1. The molecule has 0 unspecified atom stereocenters. The van der Waals surface area contributed by atoms with Gasteiger partial charge in [-0.1, -0.05) is 26.7 Å². The minimum Gasteiger partial charge on any atom is -0.381 e. The summed E-state index contributed by atoms with van der Waals surface area (Å²) >= 11 is 0. The van der Waals surface area contributed by atoms with Gasteiger partial charge in [-0.15, -0.1) is 0 Å². The second-order valence-corrected chi connectivity index (χ2v) is 5.28. The van der Waals surface area contributed by atoms with E-state index < -0.39 is 0 Å². The van der Waals surface area contributed by atoms with Gasteiger partial charge in [0.15, 0.2) is 0 Å². The van der Waals surface area contributed by atoms with Crippen molar-refractivity contribution >= 4 is 0 Å². The molecule has 15 heavy (non-hydrogen) atoms. The van der Waals surface area contributed by atoms with Crippen LogP contribution in [0.1, 0.15) is 52.9 Å². The first-order valence-corrected chi connectivity index (χ1v) is 6.52. The lowest BCUT2D eigenvalue weighted by atomic mass is 10.0. The number of hydrogen-bond acceptors (Lipinski definition) is 2. The molecular formula is C13H27NO. The fourth-order valence-electron chi connectivity index (χ4n) is 2.18. The van der Waals surface area contributed by atoms with Crippen LogP contribution in [0.5, 0.6) is 0 Å². The second kappa shape index (κ2) is 7.24. The van der Waals surface area contributed by atoms with E-state index in [1.165, 1.54) is 32.1 Å². The van der Waals surface area contributed by atoms with Crippen molar-refractivity contribution in [2.45, 2.75) is 65.0 Å². The maximum Gasteiger partial charge on any atom is 0.0480 e. The maximum absolute atomic E-state index is 5.35. The van der Waals surface area contributed by atoms with E-state index in [1.807, 2.05) is 0 Å². The van der Waals surface area contributed by atoms with E-state index in [-0.39, 0.29) is 0 Å². The quantitative estimate of drug-likeness (QED) is 0.732. The molecule has 0 aromatic rings. The zero-order valence-electron chi connectivity index (χ0n) is 10.6. The molecule has 1 aliphatic heterocycles. The monoisotopic (exact) mass is 213 g/mol. The smallest absolute Gasteiger partial charge is 0.0480 e. The van der Waals surface area contributed by atoms with Crippen molar-refractivity contribution in [3.8, 4) is 0 Å². The van der Waals surface area contributed by atoms with Crippen LogP contribution in [0.4, 0.5) is 0 Å². The molecule has 1 aliphatic rings. The lowest BCUT2D eigenvalue weighted by Crippen LogP contribution is -2.40. The standard InChI is InChI=1S/C13H27NO/c1-11(2)5-4-6-12(3)14-13-7-9-15-10-8-13/h11-14H,4-10H2,1-3H3/t12-/m0/s1. The van der Waals surface area contributed by atoms with Crippen molar-refractivity contribution in [1.82, 2.24) is 5.32 Å². The van der Waals surface area contributed by atoms with Gasteiger partial charge in [-0.3, -0.25) is 0 Å².